The molecule has 1 rings (SSSR count). The van der Waals surface area contributed by atoms with Crippen molar-refractivity contribution in [2.75, 3.05) is 6.54 Å². The minimum atomic E-state index is -0.359. The third-order valence-corrected chi connectivity index (χ3v) is 3.37. The molecule has 1 aliphatic rings. The first-order valence-corrected chi connectivity index (χ1v) is 5.54. The molecule has 0 bridgehead atoms. The number of carbonyl (C=O) groups is 1. The van der Waals surface area contributed by atoms with Gasteiger partial charge in [0.2, 0.25) is 5.91 Å². The van der Waals surface area contributed by atoms with Crippen molar-refractivity contribution in [3.8, 4) is 0 Å². The van der Waals surface area contributed by atoms with Gasteiger partial charge in [0.25, 0.3) is 0 Å². The van der Waals surface area contributed by atoms with Crippen LogP contribution in [0.2, 0.25) is 0 Å². The number of rotatable bonds is 5. The largest absolute Gasteiger partial charge is 0.354 e. The minimum Gasteiger partial charge on any atom is -0.354 e. The Morgan fingerprint density at radius 3 is 2.43 bits per heavy atom. The van der Waals surface area contributed by atoms with Crippen LogP contribution in [0.4, 0.5) is 0 Å². The molecule has 1 saturated carbocycles. The average molecular weight is 198 g/mol. The van der Waals surface area contributed by atoms with Crippen LogP contribution in [0.3, 0.4) is 0 Å². The molecule has 1 amide bonds. The Bertz CT molecular complexity index is 209. The van der Waals surface area contributed by atoms with E-state index in [2.05, 4.69) is 12.2 Å². The smallest absolute Gasteiger partial charge is 0.237 e. The van der Waals surface area contributed by atoms with E-state index < -0.39 is 0 Å². The van der Waals surface area contributed by atoms with Crippen molar-refractivity contribution >= 4 is 5.91 Å². The highest BCUT2D eigenvalue weighted by molar-refractivity contribution is 5.81. The van der Waals surface area contributed by atoms with Gasteiger partial charge in [0.05, 0.1) is 6.04 Å². The van der Waals surface area contributed by atoms with Gasteiger partial charge in [-0.25, -0.2) is 0 Å². The van der Waals surface area contributed by atoms with E-state index in [0.717, 1.165) is 13.0 Å². The molecule has 0 heterocycles. The van der Waals surface area contributed by atoms with Crippen molar-refractivity contribution in [2.45, 2.75) is 46.1 Å². The highest BCUT2D eigenvalue weighted by atomic mass is 16.2. The summed E-state index contributed by atoms with van der Waals surface area (Å²) in [5.41, 5.74) is 6.15. The van der Waals surface area contributed by atoms with Crippen LogP contribution < -0.4 is 11.1 Å². The van der Waals surface area contributed by atoms with Gasteiger partial charge in [-0.1, -0.05) is 20.8 Å². The Balaban J connectivity index is 2.28. The minimum absolute atomic E-state index is 0.000255. The Hall–Kier alpha value is -0.570. The maximum absolute atomic E-state index is 11.5. The summed E-state index contributed by atoms with van der Waals surface area (Å²) in [6.45, 7) is 6.93. The molecule has 0 spiro atoms. The Kier molecular flexibility index (Phi) is 3.53. The van der Waals surface area contributed by atoms with Crippen LogP contribution >= 0.6 is 0 Å². The number of carbonyl (C=O) groups excluding carboxylic acids is 1. The first-order chi connectivity index (χ1) is 6.51. The monoisotopic (exact) mass is 198 g/mol. The molecule has 1 atom stereocenters. The van der Waals surface area contributed by atoms with Gasteiger partial charge in [-0.05, 0) is 30.6 Å². The number of amides is 1. The zero-order chi connectivity index (χ0) is 10.8. The van der Waals surface area contributed by atoms with Crippen LogP contribution in [0.25, 0.3) is 0 Å². The predicted molar refractivity (Wildman–Crippen MR) is 57.8 cm³/mol. The lowest BCUT2D eigenvalue weighted by molar-refractivity contribution is -0.123. The Morgan fingerprint density at radius 2 is 2.07 bits per heavy atom. The second-order valence-electron chi connectivity index (χ2n) is 4.84. The second kappa shape index (κ2) is 4.30. The summed E-state index contributed by atoms with van der Waals surface area (Å²) >= 11 is 0. The van der Waals surface area contributed by atoms with E-state index in [4.69, 9.17) is 5.73 Å². The molecule has 14 heavy (non-hydrogen) atoms. The fourth-order valence-electron chi connectivity index (χ4n) is 1.53. The van der Waals surface area contributed by atoms with Crippen LogP contribution in [0.5, 0.6) is 0 Å². The standard InChI is InChI=1S/C11H22N2O/c1-4-11(5-6-11)7-13-10(14)9(12)8(2)3/h8-9H,4-7,12H2,1-3H3,(H,13,14)/t9-/m0/s1. The van der Waals surface area contributed by atoms with Gasteiger partial charge in [0.15, 0.2) is 0 Å². The average Bonchev–Trinajstić information content (AvgIpc) is 2.93. The van der Waals surface area contributed by atoms with Crippen LogP contribution in [-0.2, 0) is 4.79 Å². The van der Waals surface area contributed by atoms with Crippen LogP contribution in [0, 0.1) is 11.3 Å². The fourth-order valence-corrected chi connectivity index (χ4v) is 1.53. The Labute approximate surface area is 86.4 Å². The van der Waals surface area contributed by atoms with Gasteiger partial charge in [0.1, 0.15) is 0 Å². The number of hydrogen-bond acceptors (Lipinski definition) is 2. The van der Waals surface area contributed by atoms with Gasteiger partial charge >= 0.3 is 0 Å². The molecule has 3 nitrogen and oxygen atoms in total. The molecule has 3 heteroatoms. The summed E-state index contributed by atoms with van der Waals surface area (Å²) in [7, 11) is 0. The molecular formula is C11H22N2O. The summed E-state index contributed by atoms with van der Waals surface area (Å²) in [6, 6.07) is -0.359. The molecule has 0 aromatic rings. The summed E-state index contributed by atoms with van der Waals surface area (Å²) in [6.07, 6.45) is 3.66. The molecule has 82 valence electrons. The van der Waals surface area contributed by atoms with Crippen molar-refractivity contribution in [2.24, 2.45) is 17.1 Å². The highest BCUT2D eigenvalue weighted by Crippen LogP contribution is 2.47. The predicted octanol–water partition coefficient (Wildman–Crippen LogP) is 1.28. The van der Waals surface area contributed by atoms with Gasteiger partial charge in [-0.3, -0.25) is 4.79 Å². The van der Waals surface area contributed by atoms with Crippen LogP contribution in [0.1, 0.15) is 40.0 Å². The second-order valence-corrected chi connectivity index (χ2v) is 4.84. The van der Waals surface area contributed by atoms with Gasteiger partial charge in [0, 0.05) is 6.54 Å². The lowest BCUT2D eigenvalue weighted by Crippen LogP contribution is -2.45. The van der Waals surface area contributed by atoms with E-state index in [1.807, 2.05) is 13.8 Å². The van der Waals surface area contributed by atoms with Gasteiger partial charge in [-0.15, -0.1) is 0 Å². The molecule has 0 saturated heterocycles. The number of nitrogens with one attached hydrogen (secondary N) is 1. The van der Waals surface area contributed by atoms with E-state index in [0.29, 0.717) is 5.41 Å². The quantitative estimate of drug-likeness (QED) is 0.699. The zero-order valence-electron chi connectivity index (χ0n) is 9.47. The normalized spacial score (nSPS) is 20.6. The summed E-state index contributed by atoms with van der Waals surface area (Å²) in [5.74, 6) is 0.214. The topological polar surface area (TPSA) is 55.1 Å². The van der Waals surface area contributed by atoms with Crippen LogP contribution in [-0.4, -0.2) is 18.5 Å². The third-order valence-electron chi connectivity index (χ3n) is 3.37. The molecule has 0 aliphatic heterocycles. The Morgan fingerprint density at radius 1 is 1.50 bits per heavy atom. The SMILES string of the molecule is CCC1(CNC(=O)[C@@H](N)C(C)C)CC1. The van der Waals surface area contributed by atoms with Crippen molar-refractivity contribution in [1.82, 2.24) is 5.32 Å². The first-order valence-electron chi connectivity index (χ1n) is 5.54. The van der Waals surface area contributed by atoms with Crippen molar-refractivity contribution in [3.63, 3.8) is 0 Å². The van der Waals surface area contributed by atoms with E-state index in [1.165, 1.54) is 12.8 Å². The summed E-state index contributed by atoms with van der Waals surface area (Å²) in [4.78, 5) is 11.5. The molecule has 0 unspecified atom stereocenters. The van der Waals surface area contributed by atoms with Crippen molar-refractivity contribution < 1.29 is 4.79 Å². The molecule has 0 aromatic carbocycles. The molecule has 1 fully saturated rings. The molecule has 3 N–H and O–H groups in total. The lowest BCUT2D eigenvalue weighted by atomic mass is 10.0. The number of nitrogens with two attached hydrogens (primary N) is 1. The summed E-state index contributed by atoms with van der Waals surface area (Å²) in [5, 5.41) is 2.95. The first kappa shape index (κ1) is 11.5. The zero-order valence-corrected chi connectivity index (χ0v) is 9.47. The van der Waals surface area contributed by atoms with E-state index in [1.54, 1.807) is 0 Å². The van der Waals surface area contributed by atoms with Gasteiger partial charge in [-0.2, -0.15) is 0 Å². The van der Waals surface area contributed by atoms with Crippen molar-refractivity contribution in [3.05, 3.63) is 0 Å². The summed E-state index contributed by atoms with van der Waals surface area (Å²) < 4.78 is 0. The van der Waals surface area contributed by atoms with Crippen molar-refractivity contribution in [1.29, 1.82) is 0 Å². The molecular weight excluding hydrogens is 176 g/mol. The van der Waals surface area contributed by atoms with Crippen LogP contribution in [0.15, 0.2) is 0 Å². The van der Waals surface area contributed by atoms with E-state index in [9.17, 15) is 4.79 Å². The molecule has 0 aromatic heterocycles. The molecule has 1 aliphatic carbocycles. The fraction of sp³-hybridized carbons (Fsp3) is 0.909. The van der Waals surface area contributed by atoms with E-state index in [-0.39, 0.29) is 17.9 Å². The van der Waals surface area contributed by atoms with Gasteiger partial charge < -0.3 is 11.1 Å². The lowest BCUT2D eigenvalue weighted by Gasteiger charge is -2.18. The highest BCUT2D eigenvalue weighted by Gasteiger charge is 2.40. The maximum atomic E-state index is 11.5. The third kappa shape index (κ3) is 2.71. The number of hydrogen-bond donors (Lipinski definition) is 2. The maximum Gasteiger partial charge on any atom is 0.237 e. The molecule has 0 radical (unpaired) electrons. The van der Waals surface area contributed by atoms with E-state index >= 15 is 0 Å².